The van der Waals surface area contributed by atoms with Crippen LogP contribution >= 0.6 is 0 Å². The molecular formula is C13H27N3O4S. The Labute approximate surface area is 127 Å². The second-order valence-electron chi connectivity index (χ2n) is 4.87. The van der Waals surface area contributed by atoms with E-state index in [4.69, 9.17) is 9.47 Å². The topological polar surface area (TPSA) is 89.0 Å². The van der Waals surface area contributed by atoms with Crippen LogP contribution < -0.4 is 10.6 Å². The van der Waals surface area contributed by atoms with Gasteiger partial charge >= 0.3 is 0 Å². The van der Waals surface area contributed by atoms with Crippen molar-refractivity contribution in [2.45, 2.75) is 25.9 Å². The summed E-state index contributed by atoms with van der Waals surface area (Å²) in [4.78, 5) is 4.05. The summed E-state index contributed by atoms with van der Waals surface area (Å²) in [5.74, 6) is 0.906. The molecule has 0 aromatic carbocycles. The van der Waals surface area contributed by atoms with Gasteiger partial charge in [0.25, 0.3) is 0 Å². The summed E-state index contributed by atoms with van der Waals surface area (Å²) in [6, 6.07) is 0. The van der Waals surface area contributed by atoms with Crippen molar-refractivity contribution in [3.8, 4) is 0 Å². The third kappa shape index (κ3) is 8.23. The van der Waals surface area contributed by atoms with Gasteiger partial charge in [-0.15, -0.1) is 0 Å². The molecule has 0 aliphatic carbocycles. The van der Waals surface area contributed by atoms with Crippen LogP contribution in [0.2, 0.25) is 0 Å². The molecule has 1 aliphatic heterocycles. The molecule has 7 nitrogen and oxygen atoms in total. The number of nitrogens with zero attached hydrogens (tertiary/aromatic N) is 1. The van der Waals surface area contributed by atoms with Gasteiger partial charge in [-0.25, -0.2) is 8.42 Å². The van der Waals surface area contributed by atoms with Gasteiger partial charge in [-0.3, -0.25) is 4.99 Å². The summed E-state index contributed by atoms with van der Waals surface area (Å²) >= 11 is 0. The summed E-state index contributed by atoms with van der Waals surface area (Å²) < 4.78 is 33.6. The molecule has 1 saturated heterocycles. The Balaban J connectivity index is 2.05. The van der Waals surface area contributed by atoms with Crippen molar-refractivity contribution in [3.05, 3.63) is 0 Å². The van der Waals surface area contributed by atoms with Crippen LogP contribution in [0, 0.1) is 0 Å². The SMILES string of the molecule is CCS(=O)(=O)CCNC(=NC)NCCCOC1CCOC1. The van der Waals surface area contributed by atoms with Crippen molar-refractivity contribution in [2.75, 3.05) is 51.5 Å². The fourth-order valence-corrected chi connectivity index (χ4v) is 2.56. The van der Waals surface area contributed by atoms with Crippen LogP contribution in [0.5, 0.6) is 0 Å². The lowest BCUT2D eigenvalue weighted by molar-refractivity contribution is 0.0420. The molecule has 1 unspecified atom stereocenters. The number of nitrogens with one attached hydrogen (secondary N) is 2. The van der Waals surface area contributed by atoms with Crippen molar-refractivity contribution in [1.82, 2.24) is 10.6 Å². The van der Waals surface area contributed by atoms with Gasteiger partial charge in [-0.05, 0) is 12.8 Å². The van der Waals surface area contributed by atoms with Crippen LogP contribution in [0.1, 0.15) is 19.8 Å². The van der Waals surface area contributed by atoms with Crippen molar-refractivity contribution >= 4 is 15.8 Å². The minimum Gasteiger partial charge on any atom is -0.379 e. The maximum Gasteiger partial charge on any atom is 0.191 e. The van der Waals surface area contributed by atoms with Gasteiger partial charge in [0.15, 0.2) is 15.8 Å². The minimum atomic E-state index is -2.94. The van der Waals surface area contributed by atoms with E-state index >= 15 is 0 Å². The van der Waals surface area contributed by atoms with Crippen molar-refractivity contribution in [2.24, 2.45) is 4.99 Å². The van der Waals surface area contributed by atoms with Crippen LogP contribution in [0.3, 0.4) is 0 Å². The van der Waals surface area contributed by atoms with Crippen LogP contribution in [0.4, 0.5) is 0 Å². The molecule has 124 valence electrons. The van der Waals surface area contributed by atoms with Gasteiger partial charge in [0.05, 0.1) is 18.5 Å². The first-order chi connectivity index (χ1) is 10.1. The zero-order valence-electron chi connectivity index (χ0n) is 12.9. The second-order valence-corrected chi connectivity index (χ2v) is 7.34. The van der Waals surface area contributed by atoms with Gasteiger partial charge in [-0.1, -0.05) is 6.92 Å². The molecule has 1 rings (SSSR count). The van der Waals surface area contributed by atoms with E-state index in [1.807, 2.05) is 0 Å². The highest BCUT2D eigenvalue weighted by Gasteiger charge is 2.15. The van der Waals surface area contributed by atoms with Gasteiger partial charge in [0, 0.05) is 39.1 Å². The molecule has 1 aliphatic rings. The number of ether oxygens (including phenoxy) is 2. The molecular weight excluding hydrogens is 294 g/mol. The standard InChI is InChI=1S/C13H27N3O4S/c1-3-21(17,18)10-7-16-13(14-2)15-6-4-8-20-12-5-9-19-11-12/h12H,3-11H2,1-2H3,(H2,14,15,16). The quantitative estimate of drug-likeness (QED) is 0.347. The molecule has 0 radical (unpaired) electrons. The Bertz CT molecular complexity index is 406. The number of guanidine groups is 1. The lowest BCUT2D eigenvalue weighted by Crippen LogP contribution is -2.40. The van der Waals surface area contributed by atoms with E-state index in [1.54, 1.807) is 14.0 Å². The highest BCUT2D eigenvalue weighted by molar-refractivity contribution is 7.91. The lowest BCUT2D eigenvalue weighted by atomic mass is 10.3. The molecule has 8 heteroatoms. The average molecular weight is 321 g/mol. The van der Waals surface area contributed by atoms with Crippen molar-refractivity contribution in [3.63, 3.8) is 0 Å². The zero-order chi connectivity index (χ0) is 15.6. The van der Waals surface area contributed by atoms with Crippen LogP contribution in [-0.2, 0) is 19.3 Å². The fourth-order valence-electron chi connectivity index (χ4n) is 1.86. The van der Waals surface area contributed by atoms with E-state index in [0.717, 1.165) is 26.0 Å². The molecule has 0 spiro atoms. The molecule has 0 aromatic heterocycles. The monoisotopic (exact) mass is 321 g/mol. The first-order valence-corrected chi connectivity index (χ1v) is 9.24. The molecule has 1 fully saturated rings. The first kappa shape index (κ1) is 18.2. The van der Waals surface area contributed by atoms with E-state index < -0.39 is 9.84 Å². The smallest absolute Gasteiger partial charge is 0.191 e. The Morgan fingerprint density at radius 3 is 2.76 bits per heavy atom. The molecule has 0 bridgehead atoms. The zero-order valence-corrected chi connectivity index (χ0v) is 13.7. The van der Waals surface area contributed by atoms with Crippen LogP contribution in [0.15, 0.2) is 4.99 Å². The molecule has 0 aromatic rings. The minimum absolute atomic E-state index is 0.120. The van der Waals surface area contributed by atoms with E-state index in [9.17, 15) is 8.42 Å². The summed E-state index contributed by atoms with van der Waals surface area (Å²) in [5, 5.41) is 6.12. The molecule has 21 heavy (non-hydrogen) atoms. The van der Waals surface area contributed by atoms with Gasteiger partial charge < -0.3 is 20.1 Å². The predicted octanol–water partition coefficient (Wildman–Crippen LogP) is -0.218. The largest absolute Gasteiger partial charge is 0.379 e. The van der Waals surface area contributed by atoms with Gasteiger partial charge in [0.2, 0.25) is 0 Å². The highest BCUT2D eigenvalue weighted by Crippen LogP contribution is 2.07. The van der Waals surface area contributed by atoms with Crippen LogP contribution in [-0.4, -0.2) is 71.9 Å². The molecule has 0 amide bonds. The third-order valence-corrected chi connectivity index (χ3v) is 4.93. The molecule has 1 heterocycles. The maximum absolute atomic E-state index is 11.4. The first-order valence-electron chi connectivity index (χ1n) is 7.41. The van der Waals surface area contributed by atoms with Crippen molar-refractivity contribution in [1.29, 1.82) is 0 Å². The number of hydrogen-bond donors (Lipinski definition) is 2. The number of aliphatic imine (C=N–C) groups is 1. The van der Waals surface area contributed by atoms with E-state index in [0.29, 0.717) is 25.7 Å². The second kappa shape index (κ2) is 9.97. The number of rotatable bonds is 9. The Morgan fingerprint density at radius 2 is 2.14 bits per heavy atom. The molecule has 2 N–H and O–H groups in total. The Morgan fingerprint density at radius 1 is 1.38 bits per heavy atom. The molecule has 1 atom stereocenters. The van der Waals surface area contributed by atoms with E-state index in [-0.39, 0.29) is 17.6 Å². The highest BCUT2D eigenvalue weighted by atomic mass is 32.2. The summed E-state index contributed by atoms with van der Waals surface area (Å²) in [6.45, 7) is 4.92. The maximum atomic E-state index is 11.4. The summed E-state index contributed by atoms with van der Waals surface area (Å²) in [7, 11) is -1.28. The normalized spacial score (nSPS) is 19.7. The fraction of sp³-hybridized carbons (Fsp3) is 0.923. The van der Waals surface area contributed by atoms with Crippen molar-refractivity contribution < 1.29 is 17.9 Å². The predicted molar refractivity (Wildman–Crippen MR) is 83.5 cm³/mol. The third-order valence-electron chi connectivity index (χ3n) is 3.22. The van der Waals surface area contributed by atoms with Crippen LogP contribution in [0.25, 0.3) is 0 Å². The van der Waals surface area contributed by atoms with E-state index in [1.165, 1.54) is 0 Å². The summed E-state index contributed by atoms with van der Waals surface area (Å²) in [6.07, 6.45) is 2.08. The molecule has 0 saturated carbocycles. The van der Waals surface area contributed by atoms with Gasteiger partial charge in [0.1, 0.15) is 0 Å². The Kier molecular flexibility index (Phi) is 8.63. The number of sulfone groups is 1. The Hall–Kier alpha value is -0.860. The van der Waals surface area contributed by atoms with E-state index in [2.05, 4.69) is 15.6 Å². The average Bonchev–Trinajstić information content (AvgIpc) is 2.98. The summed E-state index contributed by atoms with van der Waals surface area (Å²) in [5.41, 5.74) is 0. The van der Waals surface area contributed by atoms with Gasteiger partial charge in [-0.2, -0.15) is 0 Å². The number of hydrogen-bond acceptors (Lipinski definition) is 5. The lowest BCUT2D eigenvalue weighted by Gasteiger charge is -2.13.